The molecule has 6 heteroatoms. The van der Waals surface area contributed by atoms with Gasteiger partial charge in [0.15, 0.2) is 11.2 Å². The zero-order chi connectivity index (χ0) is 18.1. The number of aryl methyl sites for hydroxylation is 1. The minimum Gasteiger partial charge on any atom is -0.451 e. The summed E-state index contributed by atoms with van der Waals surface area (Å²) in [6, 6.07) is 15.4. The highest BCUT2D eigenvalue weighted by Crippen LogP contribution is 2.23. The van der Waals surface area contributed by atoms with E-state index in [0.717, 1.165) is 16.3 Å². The number of hydrogen-bond donors (Lipinski definition) is 1. The Hall–Kier alpha value is -3.25. The van der Waals surface area contributed by atoms with Gasteiger partial charge in [-0.2, -0.15) is 0 Å². The van der Waals surface area contributed by atoms with E-state index in [9.17, 15) is 9.59 Å². The molecule has 0 saturated heterocycles. The van der Waals surface area contributed by atoms with E-state index in [0.29, 0.717) is 16.7 Å². The molecule has 0 atom stereocenters. The lowest BCUT2D eigenvalue weighted by Gasteiger charge is -2.06. The summed E-state index contributed by atoms with van der Waals surface area (Å²) < 4.78 is 5.55. The fourth-order valence-corrected chi connectivity index (χ4v) is 3.25. The maximum atomic E-state index is 12.4. The van der Waals surface area contributed by atoms with Crippen molar-refractivity contribution in [2.75, 3.05) is 5.32 Å². The number of benzene rings is 2. The highest BCUT2D eigenvalue weighted by molar-refractivity contribution is 7.09. The number of anilines is 1. The lowest BCUT2D eigenvalue weighted by atomic mass is 10.1. The maximum Gasteiger partial charge on any atom is 0.291 e. The quantitative estimate of drug-likeness (QED) is 0.583. The third-order valence-corrected chi connectivity index (χ3v) is 4.69. The van der Waals surface area contributed by atoms with E-state index >= 15 is 0 Å². The molecule has 0 spiro atoms. The minimum atomic E-state index is -0.467. The minimum absolute atomic E-state index is 0.0205. The third-order valence-electron chi connectivity index (χ3n) is 3.92. The number of thiazole rings is 1. The van der Waals surface area contributed by atoms with Crippen molar-refractivity contribution in [2.24, 2.45) is 0 Å². The average molecular weight is 362 g/mol. The molecule has 5 nitrogen and oxygen atoms in total. The van der Waals surface area contributed by atoms with E-state index in [1.54, 1.807) is 47.7 Å². The number of nitrogens with one attached hydrogen (secondary N) is 1. The highest BCUT2D eigenvalue weighted by Gasteiger charge is 2.12. The van der Waals surface area contributed by atoms with Gasteiger partial charge in [-0.05, 0) is 31.2 Å². The van der Waals surface area contributed by atoms with Crippen molar-refractivity contribution in [2.45, 2.75) is 6.92 Å². The Morgan fingerprint density at radius 1 is 1.12 bits per heavy atom. The molecule has 0 bridgehead atoms. The Labute approximate surface area is 152 Å². The molecule has 128 valence electrons. The van der Waals surface area contributed by atoms with E-state index in [4.69, 9.17) is 4.42 Å². The summed E-state index contributed by atoms with van der Waals surface area (Å²) in [6.07, 6.45) is 0. The summed E-state index contributed by atoms with van der Waals surface area (Å²) >= 11 is 1.59. The normalized spacial score (nSPS) is 10.8. The summed E-state index contributed by atoms with van der Waals surface area (Å²) in [5, 5.41) is 6.19. The molecule has 4 aromatic rings. The fourth-order valence-electron chi connectivity index (χ4n) is 2.63. The SMILES string of the molecule is Cc1nc(-c2ccc(NC(=O)c3cc(=O)c4ccccc4o3)cc2)cs1. The Morgan fingerprint density at radius 2 is 1.88 bits per heavy atom. The number of hydrogen-bond acceptors (Lipinski definition) is 5. The summed E-state index contributed by atoms with van der Waals surface area (Å²) in [7, 11) is 0. The van der Waals surface area contributed by atoms with Crippen molar-refractivity contribution in [1.29, 1.82) is 0 Å². The number of carbonyl (C=O) groups is 1. The van der Waals surface area contributed by atoms with E-state index in [1.165, 1.54) is 6.07 Å². The van der Waals surface area contributed by atoms with Gasteiger partial charge in [0, 0.05) is 22.7 Å². The first-order valence-electron chi connectivity index (χ1n) is 7.97. The molecule has 0 saturated carbocycles. The second-order valence-corrected chi connectivity index (χ2v) is 6.82. The molecule has 2 heterocycles. The molecule has 2 aromatic carbocycles. The molecule has 0 fully saturated rings. The predicted molar refractivity (Wildman–Crippen MR) is 103 cm³/mol. The van der Waals surface area contributed by atoms with Gasteiger partial charge < -0.3 is 9.73 Å². The van der Waals surface area contributed by atoms with Crippen molar-refractivity contribution in [3.63, 3.8) is 0 Å². The smallest absolute Gasteiger partial charge is 0.291 e. The third kappa shape index (κ3) is 3.14. The fraction of sp³-hybridized carbons (Fsp3) is 0.0500. The molecular formula is C20H14N2O3S. The Balaban J connectivity index is 1.57. The monoisotopic (exact) mass is 362 g/mol. The van der Waals surface area contributed by atoms with Gasteiger partial charge in [-0.25, -0.2) is 4.98 Å². The summed E-state index contributed by atoms with van der Waals surface area (Å²) in [4.78, 5) is 29.0. The average Bonchev–Trinajstić information content (AvgIpc) is 3.09. The molecule has 1 amide bonds. The molecule has 26 heavy (non-hydrogen) atoms. The first-order valence-corrected chi connectivity index (χ1v) is 8.85. The van der Waals surface area contributed by atoms with Crippen LogP contribution in [-0.2, 0) is 0 Å². The number of aromatic nitrogens is 1. The topological polar surface area (TPSA) is 72.2 Å². The van der Waals surface area contributed by atoms with Crippen molar-refractivity contribution in [3.8, 4) is 11.3 Å². The molecule has 0 radical (unpaired) electrons. The standard InChI is InChI=1S/C20H14N2O3S/c1-12-21-16(11-26-12)13-6-8-14(9-7-13)22-20(24)19-10-17(23)15-4-2-3-5-18(15)25-19/h2-11H,1H3,(H,22,24). The van der Waals surface area contributed by atoms with E-state index in [-0.39, 0.29) is 11.2 Å². The van der Waals surface area contributed by atoms with Crippen LogP contribution in [0.1, 0.15) is 15.6 Å². The van der Waals surface area contributed by atoms with Gasteiger partial charge in [-0.15, -0.1) is 11.3 Å². The van der Waals surface area contributed by atoms with Crippen molar-refractivity contribution in [1.82, 2.24) is 4.98 Å². The number of rotatable bonds is 3. The van der Waals surface area contributed by atoms with Crippen LogP contribution < -0.4 is 10.7 Å². The van der Waals surface area contributed by atoms with Crippen LogP contribution in [0.2, 0.25) is 0 Å². The Morgan fingerprint density at radius 3 is 2.62 bits per heavy atom. The van der Waals surface area contributed by atoms with Gasteiger partial charge in [0.1, 0.15) is 5.58 Å². The van der Waals surface area contributed by atoms with Gasteiger partial charge in [-0.3, -0.25) is 9.59 Å². The van der Waals surface area contributed by atoms with Crippen LogP contribution in [-0.4, -0.2) is 10.9 Å². The Bertz CT molecular complexity index is 1160. The van der Waals surface area contributed by atoms with Gasteiger partial charge >= 0.3 is 0 Å². The lowest BCUT2D eigenvalue weighted by molar-refractivity contribution is 0.0997. The second kappa shape index (κ2) is 6.57. The zero-order valence-electron chi connectivity index (χ0n) is 13.9. The van der Waals surface area contributed by atoms with Gasteiger partial charge in [0.2, 0.25) is 0 Å². The van der Waals surface area contributed by atoms with Crippen molar-refractivity contribution < 1.29 is 9.21 Å². The van der Waals surface area contributed by atoms with Crippen LogP contribution in [0.4, 0.5) is 5.69 Å². The first-order chi connectivity index (χ1) is 12.6. The maximum absolute atomic E-state index is 12.4. The molecule has 0 aliphatic heterocycles. The molecule has 0 aliphatic carbocycles. The van der Waals surface area contributed by atoms with Crippen LogP contribution in [0, 0.1) is 6.92 Å². The molecule has 2 aromatic heterocycles. The van der Waals surface area contributed by atoms with E-state index in [2.05, 4.69) is 10.3 Å². The molecule has 0 aliphatic rings. The number of carbonyl (C=O) groups excluding carboxylic acids is 1. The van der Waals surface area contributed by atoms with Crippen molar-refractivity contribution >= 4 is 33.9 Å². The predicted octanol–water partition coefficient (Wildman–Crippen LogP) is 4.48. The number of fused-ring (bicyclic) bond motifs is 1. The zero-order valence-corrected chi connectivity index (χ0v) is 14.7. The molecule has 4 rings (SSSR count). The summed E-state index contributed by atoms with van der Waals surface area (Å²) in [5.74, 6) is -0.488. The van der Waals surface area contributed by atoms with Crippen molar-refractivity contribution in [3.05, 3.63) is 81.0 Å². The summed E-state index contributed by atoms with van der Waals surface area (Å²) in [6.45, 7) is 1.96. The number of amides is 1. The summed E-state index contributed by atoms with van der Waals surface area (Å²) in [5.41, 5.74) is 2.64. The van der Waals surface area contributed by atoms with E-state index < -0.39 is 5.91 Å². The van der Waals surface area contributed by atoms with Gasteiger partial charge in [0.05, 0.1) is 16.1 Å². The number of nitrogens with zero attached hydrogens (tertiary/aromatic N) is 1. The van der Waals surface area contributed by atoms with Crippen LogP contribution in [0.15, 0.2) is 69.2 Å². The van der Waals surface area contributed by atoms with Gasteiger partial charge in [0.25, 0.3) is 5.91 Å². The van der Waals surface area contributed by atoms with Crippen LogP contribution in [0.3, 0.4) is 0 Å². The lowest BCUT2D eigenvalue weighted by Crippen LogP contribution is -2.14. The molecule has 0 unspecified atom stereocenters. The van der Waals surface area contributed by atoms with E-state index in [1.807, 2.05) is 24.4 Å². The van der Waals surface area contributed by atoms with Crippen LogP contribution in [0.25, 0.3) is 22.2 Å². The highest BCUT2D eigenvalue weighted by atomic mass is 32.1. The van der Waals surface area contributed by atoms with Gasteiger partial charge in [-0.1, -0.05) is 24.3 Å². The second-order valence-electron chi connectivity index (χ2n) is 5.75. The Kier molecular flexibility index (Phi) is 4.10. The first kappa shape index (κ1) is 16.2. The molecular weight excluding hydrogens is 348 g/mol. The van der Waals surface area contributed by atoms with Crippen LogP contribution in [0.5, 0.6) is 0 Å². The van der Waals surface area contributed by atoms with Crippen LogP contribution >= 0.6 is 11.3 Å². The largest absolute Gasteiger partial charge is 0.451 e. The molecule has 1 N–H and O–H groups in total. The number of para-hydroxylation sites is 1.